The molecule has 2 rings (SSSR count). The fraction of sp³-hybridized carbons (Fsp3) is 0.667. The SMILES string of the molecule is CCCNC(C)c1c(OC)cccc1N1CCC(C)CC1. The molecular weight excluding hydrogens is 260 g/mol. The standard InChI is InChI=1S/C18H30N2O/c1-5-11-19-15(3)18-16(7-6-8-17(18)21-4)20-12-9-14(2)10-13-20/h6-8,14-15,19H,5,9-13H2,1-4H3. The highest BCUT2D eigenvalue weighted by Crippen LogP contribution is 2.36. The Bertz CT molecular complexity index is 439. The van der Waals surface area contributed by atoms with E-state index in [1.807, 2.05) is 0 Å². The molecule has 1 heterocycles. The van der Waals surface area contributed by atoms with Crippen LogP contribution in [0.2, 0.25) is 0 Å². The molecule has 1 saturated heterocycles. The van der Waals surface area contributed by atoms with Gasteiger partial charge in [0.2, 0.25) is 0 Å². The number of piperidine rings is 1. The molecule has 0 radical (unpaired) electrons. The van der Waals surface area contributed by atoms with E-state index >= 15 is 0 Å². The lowest BCUT2D eigenvalue weighted by Gasteiger charge is -2.35. The van der Waals surface area contributed by atoms with Crippen molar-refractivity contribution < 1.29 is 4.74 Å². The van der Waals surface area contributed by atoms with E-state index in [1.54, 1.807) is 7.11 Å². The monoisotopic (exact) mass is 290 g/mol. The molecule has 3 heteroatoms. The minimum Gasteiger partial charge on any atom is -0.496 e. The zero-order chi connectivity index (χ0) is 15.2. The first kappa shape index (κ1) is 16.2. The molecule has 0 aliphatic carbocycles. The van der Waals surface area contributed by atoms with E-state index in [0.717, 1.165) is 37.7 Å². The summed E-state index contributed by atoms with van der Waals surface area (Å²) in [6, 6.07) is 6.76. The Morgan fingerprint density at radius 1 is 1.33 bits per heavy atom. The van der Waals surface area contributed by atoms with E-state index < -0.39 is 0 Å². The first-order chi connectivity index (χ1) is 10.2. The first-order valence-electron chi connectivity index (χ1n) is 8.32. The van der Waals surface area contributed by atoms with Crippen LogP contribution in [-0.4, -0.2) is 26.7 Å². The van der Waals surface area contributed by atoms with E-state index in [-0.39, 0.29) is 0 Å². The molecule has 1 atom stereocenters. The number of anilines is 1. The number of nitrogens with zero attached hydrogens (tertiary/aromatic N) is 1. The van der Waals surface area contributed by atoms with Crippen LogP contribution in [0.4, 0.5) is 5.69 Å². The van der Waals surface area contributed by atoms with E-state index in [1.165, 1.54) is 24.1 Å². The Kier molecular flexibility index (Phi) is 5.92. The number of hydrogen-bond donors (Lipinski definition) is 1. The highest BCUT2D eigenvalue weighted by atomic mass is 16.5. The van der Waals surface area contributed by atoms with Crippen molar-refractivity contribution in [2.75, 3.05) is 31.6 Å². The topological polar surface area (TPSA) is 24.5 Å². The Morgan fingerprint density at radius 2 is 2.05 bits per heavy atom. The third-order valence-corrected chi connectivity index (χ3v) is 4.52. The highest BCUT2D eigenvalue weighted by Gasteiger charge is 2.22. The molecule has 1 unspecified atom stereocenters. The Labute approximate surface area is 129 Å². The molecule has 3 nitrogen and oxygen atoms in total. The van der Waals surface area contributed by atoms with Crippen LogP contribution in [0.5, 0.6) is 5.75 Å². The first-order valence-corrected chi connectivity index (χ1v) is 8.32. The molecule has 1 aliphatic rings. The van der Waals surface area contributed by atoms with Crippen molar-refractivity contribution in [1.29, 1.82) is 0 Å². The molecule has 1 aliphatic heterocycles. The molecule has 0 amide bonds. The lowest BCUT2D eigenvalue weighted by atomic mass is 9.96. The third-order valence-electron chi connectivity index (χ3n) is 4.52. The van der Waals surface area contributed by atoms with Crippen LogP contribution in [-0.2, 0) is 0 Å². The van der Waals surface area contributed by atoms with Gasteiger partial charge in [0.25, 0.3) is 0 Å². The van der Waals surface area contributed by atoms with Gasteiger partial charge in [-0.1, -0.05) is 19.9 Å². The van der Waals surface area contributed by atoms with Gasteiger partial charge in [-0.2, -0.15) is 0 Å². The van der Waals surface area contributed by atoms with Crippen LogP contribution in [0.15, 0.2) is 18.2 Å². The molecule has 1 aromatic rings. The van der Waals surface area contributed by atoms with Crippen molar-refractivity contribution in [2.24, 2.45) is 5.92 Å². The zero-order valence-electron chi connectivity index (χ0n) is 14.0. The van der Waals surface area contributed by atoms with E-state index in [2.05, 4.69) is 49.2 Å². The second-order valence-corrected chi connectivity index (χ2v) is 6.24. The summed E-state index contributed by atoms with van der Waals surface area (Å²) in [5.74, 6) is 1.85. The molecule has 118 valence electrons. The van der Waals surface area contributed by atoms with Crippen molar-refractivity contribution in [3.8, 4) is 5.75 Å². The van der Waals surface area contributed by atoms with Gasteiger partial charge in [0.1, 0.15) is 5.75 Å². The van der Waals surface area contributed by atoms with Crippen LogP contribution in [0.3, 0.4) is 0 Å². The molecular formula is C18H30N2O. The summed E-state index contributed by atoms with van der Waals surface area (Å²) >= 11 is 0. The van der Waals surface area contributed by atoms with Gasteiger partial charge in [0.15, 0.2) is 0 Å². The predicted molar refractivity (Wildman–Crippen MR) is 90.3 cm³/mol. The molecule has 0 bridgehead atoms. The van der Waals surface area contributed by atoms with Crippen LogP contribution in [0.25, 0.3) is 0 Å². The fourth-order valence-corrected chi connectivity index (χ4v) is 3.13. The van der Waals surface area contributed by atoms with Crippen LogP contribution in [0.1, 0.15) is 51.6 Å². The number of ether oxygens (including phenoxy) is 1. The van der Waals surface area contributed by atoms with Gasteiger partial charge in [0.05, 0.1) is 7.11 Å². The van der Waals surface area contributed by atoms with Crippen molar-refractivity contribution in [3.63, 3.8) is 0 Å². The van der Waals surface area contributed by atoms with Crippen LogP contribution >= 0.6 is 0 Å². The van der Waals surface area contributed by atoms with Crippen LogP contribution in [0, 0.1) is 5.92 Å². The van der Waals surface area contributed by atoms with Crippen molar-refractivity contribution >= 4 is 5.69 Å². The number of benzene rings is 1. The summed E-state index contributed by atoms with van der Waals surface area (Å²) in [5.41, 5.74) is 2.65. The minimum atomic E-state index is 0.315. The number of methoxy groups -OCH3 is 1. The lowest BCUT2D eigenvalue weighted by Crippen LogP contribution is -2.34. The van der Waals surface area contributed by atoms with Gasteiger partial charge < -0.3 is 15.0 Å². The van der Waals surface area contributed by atoms with Gasteiger partial charge in [-0.3, -0.25) is 0 Å². The fourth-order valence-electron chi connectivity index (χ4n) is 3.13. The quantitative estimate of drug-likeness (QED) is 0.857. The molecule has 1 aromatic carbocycles. The summed E-state index contributed by atoms with van der Waals surface area (Å²) in [5, 5.41) is 3.60. The lowest BCUT2D eigenvalue weighted by molar-refractivity contribution is 0.399. The summed E-state index contributed by atoms with van der Waals surface area (Å²) in [6.07, 6.45) is 3.72. The minimum absolute atomic E-state index is 0.315. The molecule has 1 fully saturated rings. The molecule has 21 heavy (non-hydrogen) atoms. The maximum absolute atomic E-state index is 5.63. The van der Waals surface area contributed by atoms with E-state index in [9.17, 15) is 0 Å². The molecule has 0 spiro atoms. The summed E-state index contributed by atoms with van der Waals surface area (Å²) in [4.78, 5) is 2.53. The normalized spacial score (nSPS) is 17.8. The van der Waals surface area contributed by atoms with Gasteiger partial charge in [0, 0.05) is 30.4 Å². The third kappa shape index (κ3) is 3.91. The average Bonchev–Trinajstić information content (AvgIpc) is 2.52. The highest BCUT2D eigenvalue weighted by molar-refractivity contribution is 5.61. The van der Waals surface area contributed by atoms with Gasteiger partial charge in [-0.15, -0.1) is 0 Å². The maximum Gasteiger partial charge on any atom is 0.125 e. The average molecular weight is 290 g/mol. The van der Waals surface area contributed by atoms with Gasteiger partial charge >= 0.3 is 0 Å². The maximum atomic E-state index is 5.63. The molecule has 1 N–H and O–H groups in total. The Morgan fingerprint density at radius 3 is 2.67 bits per heavy atom. The van der Waals surface area contributed by atoms with Gasteiger partial charge in [-0.25, -0.2) is 0 Å². The van der Waals surface area contributed by atoms with Crippen molar-refractivity contribution in [3.05, 3.63) is 23.8 Å². The second-order valence-electron chi connectivity index (χ2n) is 6.24. The Hall–Kier alpha value is -1.22. The largest absolute Gasteiger partial charge is 0.496 e. The number of hydrogen-bond acceptors (Lipinski definition) is 3. The van der Waals surface area contributed by atoms with Crippen molar-refractivity contribution in [2.45, 2.75) is 46.1 Å². The Balaban J connectivity index is 2.27. The van der Waals surface area contributed by atoms with Crippen molar-refractivity contribution in [1.82, 2.24) is 5.32 Å². The summed E-state index contributed by atoms with van der Waals surface area (Å²) in [7, 11) is 1.77. The van der Waals surface area contributed by atoms with E-state index in [0.29, 0.717) is 6.04 Å². The predicted octanol–water partition coefficient (Wildman–Crippen LogP) is 3.99. The van der Waals surface area contributed by atoms with Crippen LogP contribution < -0.4 is 15.0 Å². The second kappa shape index (κ2) is 7.69. The number of rotatable bonds is 6. The molecule has 0 aromatic heterocycles. The smallest absolute Gasteiger partial charge is 0.125 e. The van der Waals surface area contributed by atoms with E-state index in [4.69, 9.17) is 4.74 Å². The number of nitrogens with one attached hydrogen (secondary N) is 1. The van der Waals surface area contributed by atoms with Gasteiger partial charge in [-0.05, 0) is 50.8 Å². The zero-order valence-corrected chi connectivity index (χ0v) is 14.0. The molecule has 0 saturated carbocycles. The summed E-state index contributed by atoms with van der Waals surface area (Å²) < 4.78 is 5.63. The summed E-state index contributed by atoms with van der Waals surface area (Å²) in [6.45, 7) is 10.1.